The lowest BCUT2D eigenvalue weighted by atomic mass is 10.1. The Balaban J connectivity index is 2.07. The summed E-state index contributed by atoms with van der Waals surface area (Å²) < 4.78 is 5.18. The molecule has 0 spiro atoms. The zero-order chi connectivity index (χ0) is 22.8. The van der Waals surface area contributed by atoms with Crippen molar-refractivity contribution in [2.45, 2.75) is 31.7 Å². The molecule has 2 amide bonds. The zero-order valence-corrected chi connectivity index (χ0v) is 18.7. The van der Waals surface area contributed by atoms with Gasteiger partial charge in [0, 0.05) is 31.5 Å². The van der Waals surface area contributed by atoms with Crippen LogP contribution in [0.3, 0.4) is 0 Å². The minimum absolute atomic E-state index is 0.0341. The van der Waals surface area contributed by atoms with Gasteiger partial charge in [-0.25, -0.2) is 0 Å². The number of carbonyl (C=O) groups excluding carboxylic acids is 2. The Morgan fingerprint density at radius 1 is 1.13 bits per heavy atom. The van der Waals surface area contributed by atoms with Crippen LogP contribution in [-0.2, 0) is 21.9 Å². The number of nitro groups is 1. The second-order valence-electron chi connectivity index (χ2n) is 6.82. The number of non-ortho nitro benzene ring substituents is 1. The average molecular weight is 446 g/mol. The third kappa shape index (κ3) is 6.99. The molecular formula is C22H27N3O5S. The first kappa shape index (κ1) is 24.2. The highest BCUT2D eigenvalue weighted by molar-refractivity contribution is 7.99. The summed E-state index contributed by atoms with van der Waals surface area (Å²) in [5.41, 5.74) is 1.83. The summed E-state index contributed by atoms with van der Waals surface area (Å²) in [7, 11) is 3.15. The van der Waals surface area contributed by atoms with Crippen LogP contribution >= 0.6 is 11.8 Å². The van der Waals surface area contributed by atoms with Crippen LogP contribution in [0.25, 0.3) is 0 Å². The SMILES string of the molecule is CCC(C(=O)NC)N(Cc1ccc(OC)cc1)C(=O)CSCc1ccc([N+](=O)[O-])cc1. The van der Waals surface area contributed by atoms with Crippen LogP contribution in [0.4, 0.5) is 5.69 Å². The third-order valence-electron chi connectivity index (χ3n) is 4.79. The molecule has 1 atom stereocenters. The van der Waals surface area contributed by atoms with E-state index in [1.165, 1.54) is 23.9 Å². The number of likely N-dealkylation sites (N-methyl/N-ethyl adjacent to an activating group) is 1. The van der Waals surface area contributed by atoms with Crippen LogP contribution in [0.5, 0.6) is 5.75 Å². The summed E-state index contributed by atoms with van der Waals surface area (Å²) in [5.74, 6) is 1.11. The topological polar surface area (TPSA) is 102 Å². The number of methoxy groups -OCH3 is 1. The first-order valence-corrected chi connectivity index (χ1v) is 11.0. The summed E-state index contributed by atoms with van der Waals surface area (Å²) in [6.07, 6.45) is 0.495. The van der Waals surface area contributed by atoms with Gasteiger partial charge in [-0.05, 0) is 29.7 Å². The molecule has 9 heteroatoms. The maximum Gasteiger partial charge on any atom is 0.269 e. The lowest BCUT2D eigenvalue weighted by molar-refractivity contribution is -0.384. The van der Waals surface area contributed by atoms with Crippen molar-refractivity contribution in [3.8, 4) is 5.75 Å². The fourth-order valence-corrected chi connectivity index (χ4v) is 3.94. The highest BCUT2D eigenvalue weighted by atomic mass is 32.2. The Kier molecular flexibility index (Phi) is 9.33. The van der Waals surface area contributed by atoms with Crippen LogP contribution < -0.4 is 10.1 Å². The van der Waals surface area contributed by atoms with E-state index in [0.29, 0.717) is 18.7 Å². The number of benzene rings is 2. The first-order chi connectivity index (χ1) is 14.9. The molecule has 0 aliphatic rings. The summed E-state index contributed by atoms with van der Waals surface area (Å²) in [4.78, 5) is 37.3. The first-order valence-electron chi connectivity index (χ1n) is 9.84. The maximum absolute atomic E-state index is 13.0. The predicted octanol–water partition coefficient (Wildman–Crippen LogP) is 3.39. The molecular weight excluding hydrogens is 418 g/mol. The normalized spacial score (nSPS) is 11.5. The van der Waals surface area contributed by atoms with Crippen LogP contribution in [0.2, 0.25) is 0 Å². The summed E-state index contributed by atoms with van der Waals surface area (Å²) in [6.45, 7) is 2.19. The number of carbonyl (C=O) groups is 2. The molecule has 31 heavy (non-hydrogen) atoms. The maximum atomic E-state index is 13.0. The van der Waals surface area contributed by atoms with Gasteiger partial charge in [-0.15, -0.1) is 11.8 Å². The smallest absolute Gasteiger partial charge is 0.269 e. The molecule has 0 heterocycles. The molecule has 1 unspecified atom stereocenters. The quantitative estimate of drug-likeness (QED) is 0.420. The molecule has 0 bridgehead atoms. The lowest BCUT2D eigenvalue weighted by Gasteiger charge is -2.30. The van der Waals surface area contributed by atoms with Gasteiger partial charge in [-0.2, -0.15) is 0 Å². The van der Waals surface area contributed by atoms with E-state index in [1.807, 2.05) is 31.2 Å². The van der Waals surface area contributed by atoms with Gasteiger partial charge in [0.1, 0.15) is 11.8 Å². The Labute approximate surface area is 186 Å². The van der Waals surface area contributed by atoms with E-state index in [9.17, 15) is 19.7 Å². The molecule has 0 aliphatic heterocycles. The molecule has 0 saturated carbocycles. The van der Waals surface area contributed by atoms with Gasteiger partial charge in [0.2, 0.25) is 11.8 Å². The molecule has 0 fully saturated rings. The van der Waals surface area contributed by atoms with Crippen LogP contribution in [0, 0.1) is 10.1 Å². The van der Waals surface area contributed by atoms with Crippen molar-refractivity contribution in [1.29, 1.82) is 0 Å². The largest absolute Gasteiger partial charge is 0.497 e. The Bertz CT molecular complexity index is 887. The molecule has 0 aromatic heterocycles. The highest BCUT2D eigenvalue weighted by Crippen LogP contribution is 2.20. The minimum atomic E-state index is -0.570. The number of hydrogen-bond donors (Lipinski definition) is 1. The monoisotopic (exact) mass is 445 g/mol. The van der Waals surface area contributed by atoms with Gasteiger partial charge in [0.05, 0.1) is 17.8 Å². The van der Waals surface area contributed by atoms with Crippen molar-refractivity contribution >= 4 is 29.3 Å². The van der Waals surface area contributed by atoms with Gasteiger partial charge in [-0.3, -0.25) is 19.7 Å². The standard InChI is InChI=1S/C22H27N3O5S/c1-4-20(22(27)23-2)24(13-16-7-11-19(30-3)12-8-16)21(26)15-31-14-17-5-9-18(10-6-17)25(28)29/h5-12,20H,4,13-15H2,1-3H3,(H,23,27). The number of amides is 2. The number of nitrogens with one attached hydrogen (secondary N) is 1. The Morgan fingerprint density at radius 2 is 1.74 bits per heavy atom. The number of ether oxygens (including phenoxy) is 1. The van der Waals surface area contributed by atoms with E-state index < -0.39 is 11.0 Å². The molecule has 166 valence electrons. The summed E-state index contributed by atoms with van der Waals surface area (Å²) in [6, 6.07) is 13.1. The van der Waals surface area contributed by atoms with Crippen molar-refractivity contribution in [2.24, 2.45) is 0 Å². The fourth-order valence-electron chi connectivity index (χ4n) is 3.07. The molecule has 2 rings (SSSR count). The Hall–Kier alpha value is -3.07. The van der Waals surface area contributed by atoms with E-state index in [1.54, 1.807) is 31.2 Å². The molecule has 0 saturated heterocycles. The van der Waals surface area contributed by atoms with Gasteiger partial charge in [0.25, 0.3) is 5.69 Å². The van der Waals surface area contributed by atoms with E-state index in [0.717, 1.165) is 16.9 Å². The van der Waals surface area contributed by atoms with Gasteiger partial charge in [-0.1, -0.05) is 31.2 Å². The number of nitro benzene ring substituents is 1. The van der Waals surface area contributed by atoms with E-state index in [4.69, 9.17) is 4.74 Å². The number of nitrogens with zero attached hydrogens (tertiary/aromatic N) is 2. The van der Waals surface area contributed by atoms with E-state index in [-0.39, 0.29) is 23.3 Å². The molecule has 8 nitrogen and oxygen atoms in total. The second-order valence-corrected chi connectivity index (χ2v) is 7.81. The van der Waals surface area contributed by atoms with Crippen molar-refractivity contribution in [1.82, 2.24) is 10.2 Å². The molecule has 0 radical (unpaired) electrons. The zero-order valence-electron chi connectivity index (χ0n) is 17.9. The predicted molar refractivity (Wildman–Crippen MR) is 121 cm³/mol. The van der Waals surface area contributed by atoms with Crippen LogP contribution in [0.1, 0.15) is 24.5 Å². The van der Waals surface area contributed by atoms with Gasteiger partial charge in [0.15, 0.2) is 0 Å². The highest BCUT2D eigenvalue weighted by Gasteiger charge is 2.27. The number of hydrogen-bond acceptors (Lipinski definition) is 6. The van der Waals surface area contributed by atoms with E-state index >= 15 is 0 Å². The van der Waals surface area contributed by atoms with Crippen LogP contribution in [0.15, 0.2) is 48.5 Å². The second kappa shape index (κ2) is 11.9. The molecule has 2 aromatic carbocycles. The Morgan fingerprint density at radius 3 is 2.26 bits per heavy atom. The minimum Gasteiger partial charge on any atom is -0.497 e. The van der Waals surface area contributed by atoms with Crippen molar-refractivity contribution in [2.75, 3.05) is 19.9 Å². The van der Waals surface area contributed by atoms with E-state index in [2.05, 4.69) is 5.32 Å². The van der Waals surface area contributed by atoms with Crippen molar-refractivity contribution < 1.29 is 19.2 Å². The third-order valence-corrected chi connectivity index (χ3v) is 5.77. The number of thioether (sulfide) groups is 1. The van der Waals surface area contributed by atoms with Crippen molar-refractivity contribution in [3.63, 3.8) is 0 Å². The molecule has 1 N–H and O–H groups in total. The molecule has 2 aromatic rings. The van der Waals surface area contributed by atoms with Gasteiger partial charge < -0.3 is 15.0 Å². The van der Waals surface area contributed by atoms with Crippen molar-refractivity contribution in [3.05, 3.63) is 69.8 Å². The lowest BCUT2D eigenvalue weighted by Crippen LogP contribution is -2.48. The molecule has 0 aliphatic carbocycles. The average Bonchev–Trinajstić information content (AvgIpc) is 2.79. The number of rotatable bonds is 11. The fraction of sp³-hybridized carbons (Fsp3) is 0.364. The summed E-state index contributed by atoms with van der Waals surface area (Å²) in [5, 5.41) is 13.4. The summed E-state index contributed by atoms with van der Waals surface area (Å²) >= 11 is 1.41. The van der Waals surface area contributed by atoms with Crippen LogP contribution in [-0.4, -0.2) is 47.6 Å². The van der Waals surface area contributed by atoms with Gasteiger partial charge >= 0.3 is 0 Å².